The lowest BCUT2D eigenvalue weighted by molar-refractivity contribution is -0.142. The number of likely N-dealkylation sites (tertiary alicyclic amines) is 1. The summed E-state index contributed by atoms with van der Waals surface area (Å²) in [7, 11) is 0. The van der Waals surface area contributed by atoms with Gasteiger partial charge in [0, 0.05) is 17.8 Å². The normalized spacial score (nSPS) is 23.0. The van der Waals surface area contributed by atoms with E-state index in [0.717, 1.165) is 11.6 Å². The molecule has 0 radical (unpaired) electrons. The Labute approximate surface area is 124 Å². The van der Waals surface area contributed by atoms with E-state index in [1.165, 1.54) is 21.9 Å². The fraction of sp³-hybridized carbons (Fsp3) is 0.538. The van der Waals surface area contributed by atoms with Crippen LogP contribution in [-0.4, -0.2) is 43.2 Å². The van der Waals surface area contributed by atoms with Gasteiger partial charge in [0.2, 0.25) is 4.96 Å². The minimum atomic E-state index is -0.747. The maximum Gasteiger partial charge on any atom is 0.308 e. The Hall–Kier alpha value is -1.80. The van der Waals surface area contributed by atoms with Gasteiger partial charge in [-0.15, -0.1) is 0 Å². The number of hydrogen-bond donors (Lipinski definition) is 1. The van der Waals surface area contributed by atoms with Crippen molar-refractivity contribution in [3.8, 4) is 0 Å². The number of fused-ring (bicyclic) bond motifs is 1. The maximum absolute atomic E-state index is 11.8. The lowest BCUT2D eigenvalue weighted by Gasteiger charge is -2.21. The third-order valence-corrected chi connectivity index (χ3v) is 4.85. The lowest BCUT2D eigenvalue weighted by atomic mass is 10.0. The largest absolute Gasteiger partial charge is 0.481 e. The van der Waals surface area contributed by atoms with E-state index in [0.29, 0.717) is 23.6 Å². The van der Waals surface area contributed by atoms with Crippen LogP contribution in [0.4, 0.5) is 0 Å². The summed E-state index contributed by atoms with van der Waals surface area (Å²) < 4.78 is 1.31. The minimum absolute atomic E-state index is 0.0269. The standard InChI is InChI=1S/C13H16N4O3S/c1-7-5-11(18)17-13(14-7)21-10(15-17)6-16-4-3-9(8(16)2)12(19)20/h5,8-9H,3-4,6H2,1-2H3,(H,19,20). The molecule has 1 N–H and O–H groups in total. The molecule has 8 heteroatoms. The molecular weight excluding hydrogens is 292 g/mol. The molecule has 1 aliphatic rings. The highest BCUT2D eigenvalue weighted by Gasteiger charge is 2.35. The first kappa shape index (κ1) is 14.2. The second-order valence-corrected chi connectivity index (χ2v) is 6.41. The highest BCUT2D eigenvalue weighted by atomic mass is 32.1. The van der Waals surface area contributed by atoms with Gasteiger partial charge in [0.25, 0.3) is 5.56 Å². The summed E-state index contributed by atoms with van der Waals surface area (Å²) in [5.41, 5.74) is 0.494. The molecular formula is C13H16N4O3S. The summed E-state index contributed by atoms with van der Waals surface area (Å²) in [5.74, 6) is -1.08. The Morgan fingerprint density at radius 1 is 1.57 bits per heavy atom. The third kappa shape index (κ3) is 2.56. The number of aliphatic carboxylic acids is 1. The predicted octanol–water partition coefficient (Wildman–Crippen LogP) is 0.754. The molecule has 112 valence electrons. The van der Waals surface area contributed by atoms with Gasteiger partial charge >= 0.3 is 5.97 Å². The number of carbonyl (C=O) groups is 1. The van der Waals surface area contributed by atoms with Gasteiger partial charge in [0.1, 0.15) is 5.01 Å². The van der Waals surface area contributed by atoms with E-state index in [1.54, 1.807) is 6.92 Å². The first-order valence-corrected chi connectivity index (χ1v) is 7.60. The van der Waals surface area contributed by atoms with Crippen molar-refractivity contribution >= 4 is 22.3 Å². The van der Waals surface area contributed by atoms with Crippen molar-refractivity contribution in [2.24, 2.45) is 5.92 Å². The van der Waals surface area contributed by atoms with Crippen LogP contribution in [-0.2, 0) is 11.3 Å². The number of carboxylic acids is 1. The van der Waals surface area contributed by atoms with Crippen molar-refractivity contribution in [1.29, 1.82) is 0 Å². The molecule has 2 atom stereocenters. The van der Waals surface area contributed by atoms with E-state index in [9.17, 15) is 9.59 Å². The SMILES string of the molecule is Cc1cc(=O)n2nc(CN3CCC(C(=O)O)C3C)sc2n1. The van der Waals surface area contributed by atoms with E-state index in [-0.39, 0.29) is 17.5 Å². The topological polar surface area (TPSA) is 87.8 Å². The minimum Gasteiger partial charge on any atom is -0.481 e. The highest BCUT2D eigenvalue weighted by Crippen LogP contribution is 2.26. The maximum atomic E-state index is 11.8. The average molecular weight is 308 g/mol. The summed E-state index contributed by atoms with van der Waals surface area (Å²) in [6.07, 6.45) is 0.651. The monoisotopic (exact) mass is 308 g/mol. The van der Waals surface area contributed by atoms with Crippen molar-refractivity contribution in [3.05, 3.63) is 27.1 Å². The fourth-order valence-electron chi connectivity index (χ4n) is 2.75. The van der Waals surface area contributed by atoms with E-state index in [2.05, 4.69) is 15.0 Å². The van der Waals surface area contributed by atoms with Gasteiger partial charge in [-0.25, -0.2) is 4.98 Å². The smallest absolute Gasteiger partial charge is 0.308 e. The average Bonchev–Trinajstić information content (AvgIpc) is 2.94. The Bertz CT molecular complexity index is 753. The van der Waals surface area contributed by atoms with Crippen LogP contribution in [0.2, 0.25) is 0 Å². The van der Waals surface area contributed by atoms with Gasteiger partial charge in [-0.2, -0.15) is 9.61 Å². The molecule has 1 fully saturated rings. The number of nitrogens with zero attached hydrogens (tertiary/aromatic N) is 4. The van der Waals surface area contributed by atoms with Gasteiger partial charge < -0.3 is 5.11 Å². The molecule has 0 aromatic carbocycles. The molecule has 0 saturated carbocycles. The van der Waals surface area contributed by atoms with Crippen LogP contribution < -0.4 is 5.56 Å². The summed E-state index contributed by atoms with van der Waals surface area (Å²) in [6, 6.07) is 1.43. The Kier molecular flexibility index (Phi) is 3.50. The Balaban J connectivity index is 1.84. The second-order valence-electron chi connectivity index (χ2n) is 5.37. The number of hydrogen-bond acceptors (Lipinski definition) is 6. The number of aryl methyl sites for hydroxylation is 1. The molecule has 2 aromatic heterocycles. The van der Waals surface area contributed by atoms with E-state index < -0.39 is 5.97 Å². The first-order chi connectivity index (χ1) is 9.95. The van der Waals surface area contributed by atoms with E-state index in [1.807, 2.05) is 6.92 Å². The molecule has 1 aliphatic heterocycles. The summed E-state index contributed by atoms with van der Waals surface area (Å²) in [4.78, 5) is 29.9. The van der Waals surface area contributed by atoms with Crippen LogP contribution in [0.3, 0.4) is 0 Å². The van der Waals surface area contributed by atoms with Gasteiger partial charge in [0.15, 0.2) is 0 Å². The van der Waals surface area contributed by atoms with Crippen LogP contribution in [0.25, 0.3) is 4.96 Å². The van der Waals surface area contributed by atoms with Gasteiger partial charge in [0.05, 0.1) is 12.5 Å². The second kappa shape index (κ2) is 5.19. The quantitative estimate of drug-likeness (QED) is 0.900. The molecule has 0 spiro atoms. The van der Waals surface area contributed by atoms with Crippen LogP contribution in [0, 0.1) is 12.8 Å². The summed E-state index contributed by atoms with van der Waals surface area (Å²) in [6.45, 7) is 4.99. The molecule has 2 unspecified atom stereocenters. The summed E-state index contributed by atoms with van der Waals surface area (Å²) >= 11 is 1.38. The number of rotatable bonds is 3. The molecule has 0 bridgehead atoms. The van der Waals surface area contributed by atoms with Crippen LogP contribution in [0.1, 0.15) is 24.0 Å². The first-order valence-electron chi connectivity index (χ1n) is 6.79. The van der Waals surface area contributed by atoms with Crippen LogP contribution in [0.15, 0.2) is 10.9 Å². The van der Waals surface area contributed by atoms with Crippen molar-refractivity contribution in [2.45, 2.75) is 32.9 Å². The Morgan fingerprint density at radius 2 is 2.33 bits per heavy atom. The molecule has 0 amide bonds. The van der Waals surface area contributed by atoms with E-state index >= 15 is 0 Å². The molecule has 1 saturated heterocycles. The van der Waals surface area contributed by atoms with Crippen molar-refractivity contribution in [1.82, 2.24) is 19.5 Å². The highest BCUT2D eigenvalue weighted by molar-refractivity contribution is 7.16. The van der Waals surface area contributed by atoms with Crippen molar-refractivity contribution < 1.29 is 9.90 Å². The van der Waals surface area contributed by atoms with Gasteiger partial charge in [-0.05, 0) is 26.8 Å². The molecule has 2 aromatic rings. The zero-order valence-electron chi connectivity index (χ0n) is 11.8. The van der Waals surface area contributed by atoms with Gasteiger partial charge in [-0.1, -0.05) is 11.3 Å². The number of aromatic nitrogens is 3. The van der Waals surface area contributed by atoms with Gasteiger partial charge in [-0.3, -0.25) is 14.5 Å². The molecule has 3 rings (SSSR count). The zero-order chi connectivity index (χ0) is 15.1. The molecule has 21 heavy (non-hydrogen) atoms. The molecule has 7 nitrogen and oxygen atoms in total. The van der Waals surface area contributed by atoms with Crippen LogP contribution >= 0.6 is 11.3 Å². The fourth-order valence-corrected chi connectivity index (χ4v) is 3.73. The van der Waals surface area contributed by atoms with E-state index in [4.69, 9.17) is 5.11 Å². The van der Waals surface area contributed by atoms with Crippen molar-refractivity contribution in [3.63, 3.8) is 0 Å². The van der Waals surface area contributed by atoms with Crippen molar-refractivity contribution in [2.75, 3.05) is 6.54 Å². The molecule has 0 aliphatic carbocycles. The van der Waals surface area contributed by atoms with Crippen LogP contribution in [0.5, 0.6) is 0 Å². The summed E-state index contributed by atoms with van der Waals surface area (Å²) in [5, 5.41) is 14.2. The number of carboxylic acid groups (broad SMARTS) is 1. The lowest BCUT2D eigenvalue weighted by Crippen LogP contribution is -2.32. The molecule has 3 heterocycles. The third-order valence-electron chi connectivity index (χ3n) is 3.96. The predicted molar refractivity (Wildman–Crippen MR) is 77.5 cm³/mol. The Morgan fingerprint density at radius 3 is 3.00 bits per heavy atom. The zero-order valence-corrected chi connectivity index (χ0v) is 12.6.